The molecule has 0 aliphatic heterocycles. The fourth-order valence-corrected chi connectivity index (χ4v) is 2.15. The lowest BCUT2D eigenvalue weighted by Crippen LogP contribution is -2.08. The monoisotopic (exact) mass is 230 g/mol. The van der Waals surface area contributed by atoms with Gasteiger partial charge in [0.15, 0.2) is 0 Å². The van der Waals surface area contributed by atoms with Crippen LogP contribution >= 0.6 is 11.3 Å². The van der Waals surface area contributed by atoms with Crippen LogP contribution in [-0.4, -0.2) is 13.3 Å². The molecule has 0 aliphatic rings. The third-order valence-electron chi connectivity index (χ3n) is 2.38. The molecule has 0 bridgehead atoms. The van der Waals surface area contributed by atoms with Crippen molar-refractivity contribution in [1.82, 2.24) is 0 Å². The smallest absolute Gasteiger partial charge is 0.0649 e. The summed E-state index contributed by atoms with van der Waals surface area (Å²) < 4.78 is 0. The molecule has 0 atom stereocenters. The summed E-state index contributed by atoms with van der Waals surface area (Å²) in [6.07, 6.45) is 1.91. The number of anilines is 1. The van der Waals surface area contributed by atoms with Gasteiger partial charge in [0, 0.05) is 11.9 Å². The normalized spacial score (nSPS) is 10.9. The molecule has 2 aromatic rings. The van der Waals surface area contributed by atoms with Gasteiger partial charge < -0.3 is 0 Å². The third-order valence-corrected chi connectivity index (χ3v) is 3.33. The average molecular weight is 230 g/mol. The lowest BCUT2D eigenvalue weighted by Gasteiger charge is -2.11. The van der Waals surface area contributed by atoms with Gasteiger partial charge in [-0.25, -0.2) is 0 Å². The van der Waals surface area contributed by atoms with Gasteiger partial charge in [-0.05, 0) is 36.1 Å². The predicted molar refractivity (Wildman–Crippen MR) is 71.5 cm³/mol. The zero-order valence-corrected chi connectivity index (χ0v) is 10.2. The van der Waals surface area contributed by atoms with Crippen molar-refractivity contribution in [3.8, 4) is 0 Å². The quantitative estimate of drug-likeness (QED) is 0.582. The number of nitrogens with zero attached hydrogens (tertiary/aromatic N) is 2. The van der Waals surface area contributed by atoms with E-state index in [1.165, 1.54) is 10.4 Å². The van der Waals surface area contributed by atoms with Gasteiger partial charge in [0.25, 0.3) is 0 Å². The van der Waals surface area contributed by atoms with E-state index in [1.807, 2.05) is 48.6 Å². The molecule has 0 unspecified atom stereocenters. The van der Waals surface area contributed by atoms with Crippen LogP contribution in [-0.2, 0) is 0 Å². The van der Waals surface area contributed by atoms with Crippen LogP contribution < -0.4 is 5.01 Å². The molecule has 0 radical (unpaired) electrons. The lowest BCUT2D eigenvalue weighted by atomic mass is 10.3. The second-order valence-corrected chi connectivity index (χ2v) is 4.52. The van der Waals surface area contributed by atoms with E-state index < -0.39 is 0 Å². The Morgan fingerprint density at radius 3 is 2.56 bits per heavy atom. The van der Waals surface area contributed by atoms with Crippen LogP contribution in [0.25, 0.3) is 0 Å². The van der Waals surface area contributed by atoms with Crippen LogP contribution in [0.3, 0.4) is 0 Å². The van der Waals surface area contributed by atoms with Crippen LogP contribution in [0.4, 0.5) is 5.69 Å². The first-order chi connectivity index (χ1) is 7.77. The second kappa shape index (κ2) is 4.94. The van der Waals surface area contributed by atoms with Crippen LogP contribution in [0.5, 0.6) is 0 Å². The first-order valence-corrected chi connectivity index (χ1v) is 6.02. The number of thiophene rings is 1. The maximum Gasteiger partial charge on any atom is 0.0649 e. The average Bonchev–Trinajstić information content (AvgIpc) is 2.73. The summed E-state index contributed by atoms with van der Waals surface area (Å²) in [6.45, 7) is 2.10. The van der Waals surface area contributed by atoms with Gasteiger partial charge in [-0.2, -0.15) is 5.10 Å². The summed E-state index contributed by atoms with van der Waals surface area (Å²) in [5.41, 5.74) is 2.36. The van der Waals surface area contributed by atoms with Gasteiger partial charge in [-0.1, -0.05) is 18.2 Å². The fraction of sp³-hybridized carbons (Fsp3) is 0.154. The highest BCUT2D eigenvalue weighted by Crippen LogP contribution is 2.14. The highest BCUT2D eigenvalue weighted by atomic mass is 32.1. The zero-order valence-electron chi connectivity index (χ0n) is 9.42. The summed E-state index contributed by atoms with van der Waals surface area (Å²) in [5, 5.41) is 8.37. The van der Waals surface area contributed by atoms with E-state index in [0.717, 1.165) is 5.69 Å². The molecule has 3 heteroatoms. The maximum absolute atomic E-state index is 4.42. The van der Waals surface area contributed by atoms with Gasteiger partial charge in [0.05, 0.1) is 11.9 Å². The Labute approximate surface area is 99.8 Å². The Balaban J connectivity index is 2.11. The molecule has 2 rings (SSSR count). The molecule has 0 saturated heterocycles. The van der Waals surface area contributed by atoms with Crippen LogP contribution in [0.2, 0.25) is 0 Å². The van der Waals surface area contributed by atoms with Crippen LogP contribution in [0.1, 0.15) is 10.4 Å². The summed E-state index contributed by atoms with van der Waals surface area (Å²) in [6, 6.07) is 12.2. The molecule has 16 heavy (non-hydrogen) atoms. The molecule has 1 aromatic heterocycles. The number of hydrogen-bond donors (Lipinski definition) is 0. The molecule has 0 saturated carbocycles. The van der Waals surface area contributed by atoms with Crippen molar-refractivity contribution in [2.24, 2.45) is 5.10 Å². The largest absolute Gasteiger partial charge is 0.269 e. The maximum atomic E-state index is 4.42. The van der Waals surface area contributed by atoms with E-state index in [1.54, 1.807) is 11.3 Å². The molecular formula is C13H14N2S. The molecule has 0 aliphatic carbocycles. The number of aryl methyl sites for hydroxylation is 1. The zero-order chi connectivity index (χ0) is 11.4. The Morgan fingerprint density at radius 1 is 1.19 bits per heavy atom. The number of hydrogen-bond acceptors (Lipinski definition) is 3. The molecular weight excluding hydrogens is 216 g/mol. The first-order valence-electron chi connectivity index (χ1n) is 5.14. The Hall–Kier alpha value is -1.61. The molecule has 0 N–H and O–H groups in total. The molecule has 1 aromatic carbocycles. The third kappa shape index (κ3) is 2.49. The van der Waals surface area contributed by atoms with Gasteiger partial charge >= 0.3 is 0 Å². The standard InChI is InChI=1S/C13H14N2S/c1-11-8-9-16-13(11)10-14-15(2)12-6-4-3-5-7-12/h3-10H,1-2H3/b14-10+. The molecule has 2 nitrogen and oxygen atoms in total. The van der Waals surface area contributed by atoms with Crippen LogP contribution in [0, 0.1) is 6.92 Å². The van der Waals surface area contributed by atoms with Crippen molar-refractivity contribution in [3.05, 3.63) is 52.2 Å². The first kappa shape index (κ1) is 10.9. The van der Waals surface area contributed by atoms with Crippen molar-refractivity contribution in [1.29, 1.82) is 0 Å². The summed E-state index contributed by atoms with van der Waals surface area (Å²) in [7, 11) is 1.95. The van der Waals surface area contributed by atoms with Crippen molar-refractivity contribution >= 4 is 23.2 Å². The summed E-state index contributed by atoms with van der Waals surface area (Å²) >= 11 is 1.71. The van der Waals surface area contributed by atoms with E-state index >= 15 is 0 Å². The minimum Gasteiger partial charge on any atom is -0.269 e. The Morgan fingerprint density at radius 2 is 1.94 bits per heavy atom. The van der Waals surface area contributed by atoms with Crippen molar-refractivity contribution in [2.75, 3.05) is 12.1 Å². The van der Waals surface area contributed by atoms with Gasteiger partial charge in [0.1, 0.15) is 0 Å². The molecule has 82 valence electrons. The van der Waals surface area contributed by atoms with Gasteiger partial charge in [0.2, 0.25) is 0 Å². The minimum absolute atomic E-state index is 1.09. The number of para-hydroxylation sites is 1. The minimum atomic E-state index is 1.09. The van der Waals surface area contributed by atoms with E-state index in [-0.39, 0.29) is 0 Å². The van der Waals surface area contributed by atoms with E-state index in [4.69, 9.17) is 0 Å². The predicted octanol–water partition coefficient (Wildman–Crippen LogP) is 3.53. The van der Waals surface area contributed by atoms with Gasteiger partial charge in [-0.15, -0.1) is 11.3 Å². The van der Waals surface area contributed by atoms with E-state index in [2.05, 4.69) is 23.5 Å². The van der Waals surface area contributed by atoms with E-state index in [9.17, 15) is 0 Å². The Bertz CT molecular complexity index is 474. The Kier molecular flexibility index (Phi) is 3.37. The molecule has 0 fully saturated rings. The SMILES string of the molecule is Cc1ccsc1/C=N/N(C)c1ccccc1. The highest BCUT2D eigenvalue weighted by molar-refractivity contribution is 7.11. The number of benzene rings is 1. The van der Waals surface area contributed by atoms with Crippen molar-refractivity contribution in [3.63, 3.8) is 0 Å². The molecule has 1 heterocycles. The van der Waals surface area contributed by atoms with E-state index in [0.29, 0.717) is 0 Å². The summed E-state index contributed by atoms with van der Waals surface area (Å²) in [4.78, 5) is 1.21. The fourth-order valence-electron chi connectivity index (χ4n) is 1.37. The number of hydrazone groups is 1. The number of rotatable bonds is 3. The summed E-state index contributed by atoms with van der Waals surface area (Å²) in [5.74, 6) is 0. The molecule has 0 amide bonds. The second-order valence-electron chi connectivity index (χ2n) is 3.57. The van der Waals surface area contributed by atoms with Crippen molar-refractivity contribution in [2.45, 2.75) is 6.92 Å². The lowest BCUT2D eigenvalue weighted by molar-refractivity contribution is 1.02. The van der Waals surface area contributed by atoms with Crippen molar-refractivity contribution < 1.29 is 0 Å². The molecule has 0 spiro atoms. The van der Waals surface area contributed by atoms with Crippen LogP contribution in [0.15, 0.2) is 46.9 Å². The topological polar surface area (TPSA) is 15.6 Å². The highest BCUT2D eigenvalue weighted by Gasteiger charge is 1.98. The van der Waals surface area contributed by atoms with Gasteiger partial charge in [-0.3, -0.25) is 5.01 Å².